The Kier molecular flexibility index (Phi) is 3.63. The summed E-state index contributed by atoms with van der Waals surface area (Å²) in [5.41, 5.74) is 2.43. The van der Waals surface area contributed by atoms with E-state index in [0.29, 0.717) is 0 Å². The Labute approximate surface area is 112 Å². The summed E-state index contributed by atoms with van der Waals surface area (Å²) in [7, 11) is 0. The van der Waals surface area contributed by atoms with Gasteiger partial charge in [0, 0.05) is 0 Å². The first kappa shape index (κ1) is 12.3. The van der Waals surface area contributed by atoms with Crippen molar-refractivity contribution in [3.8, 4) is 12.1 Å². The Morgan fingerprint density at radius 3 is 2.18 bits per heavy atom. The number of rotatable bonds is 0. The number of nitriles is 2. The van der Waals surface area contributed by atoms with Crippen LogP contribution in [0.5, 0.6) is 0 Å². The van der Waals surface area contributed by atoms with Crippen LogP contribution in [0.25, 0.3) is 9.81 Å². The maximum atomic E-state index is 8.94. The van der Waals surface area contributed by atoms with Crippen molar-refractivity contribution >= 4 is 44.7 Å². The van der Waals surface area contributed by atoms with E-state index in [9.17, 15) is 0 Å². The maximum absolute atomic E-state index is 8.94. The smallest absolute Gasteiger partial charge is 0.147 e. The van der Waals surface area contributed by atoms with Crippen molar-refractivity contribution < 1.29 is 0 Å². The van der Waals surface area contributed by atoms with E-state index in [2.05, 4.69) is 0 Å². The van der Waals surface area contributed by atoms with E-state index in [0.717, 1.165) is 10.1 Å². The van der Waals surface area contributed by atoms with Crippen molar-refractivity contribution in [3.63, 3.8) is 0 Å². The Balaban J connectivity index is 2.83. The molecule has 0 saturated heterocycles. The zero-order chi connectivity index (χ0) is 12.4. The Bertz CT molecular complexity index is 670. The minimum absolute atomic E-state index is 0.211. The molecule has 84 valence electrons. The molecule has 0 atom stereocenters. The lowest BCUT2D eigenvalue weighted by atomic mass is 10.2. The van der Waals surface area contributed by atoms with E-state index in [-0.39, 0.29) is 5.57 Å². The molecule has 1 aromatic heterocycles. The fraction of sp³-hybridized carbons (Fsp3) is 0.167. The number of nitrogens with zero attached hydrogens (tertiary/aromatic N) is 2. The van der Waals surface area contributed by atoms with Gasteiger partial charge in [-0.05, 0) is 35.8 Å². The normalized spacial score (nSPS) is 13.5. The lowest BCUT2D eigenvalue weighted by Crippen LogP contribution is -2.01. The summed E-state index contributed by atoms with van der Waals surface area (Å²) in [6.45, 7) is 4.01. The third-order valence-corrected chi connectivity index (χ3v) is 6.31. The fourth-order valence-electron chi connectivity index (χ4n) is 1.47. The van der Waals surface area contributed by atoms with Crippen LogP contribution in [0.3, 0.4) is 0 Å². The standard InChI is InChI=1S/C12H8N2S3/c1-7-8(2)11(12-15-3-4-16-12)17-10(7)9(5-13)6-14/h3-4H,1-2H3. The van der Waals surface area contributed by atoms with Gasteiger partial charge in [-0.1, -0.05) is 23.5 Å². The van der Waals surface area contributed by atoms with Gasteiger partial charge in [-0.3, -0.25) is 0 Å². The zero-order valence-electron chi connectivity index (χ0n) is 9.27. The molecule has 0 N–H and O–H groups in total. The number of hydrogen-bond donors (Lipinski definition) is 0. The Hall–Kier alpha value is -1.14. The van der Waals surface area contributed by atoms with Gasteiger partial charge in [0.2, 0.25) is 0 Å². The molecule has 0 radical (unpaired) electrons. The predicted molar refractivity (Wildman–Crippen MR) is 75.4 cm³/mol. The van der Waals surface area contributed by atoms with Crippen LogP contribution >= 0.6 is 34.9 Å². The largest absolute Gasteiger partial charge is 0.192 e. The average molecular weight is 276 g/mol. The molecule has 0 amide bonds. The minimum Gasteiger partial charge on any atom is -0.192 e. The number of hydrogen-bond acceptors (Lipinski definition) is 5. The molecule has 0 aromatic carbocycles. The molecule has 0 unspecified atom stereocenters. The Morgan fingerprint density at radius 2 is 1.65 bits per heavy atom. The third kappa shape index (κ3) is 2.14. The van der Waals surface area contributed by atoms with Crippen LogP contribution in [0.1, 0.15) is 11.1 Å². The molecule has 2 heterocycles. The van der Waals surface area contributed by atoms with Crippen molar-refractivity contribution in [2.24, 2.45) is 0 Å². The molecule has 1 aliphatic rings. The van der Waals surface area contributed by atoms with Gasteiger partial charge < -0.3 is 0 Å². The van der Waals surface area contributed by atoms with Gasteiger partial charge >= 0.3 is 0 Å². The van der Waals surface area contributed by atoms with Crippen LogP contribution in [-0.4, -0.2) is 0 Å². The lowest BCUT2D eigenvalue weighted by molar-refractivity contribution is 1.36. The highest BCUT2D eigenvalue weighted by molar-refractivity contribution is 8.34. The van der Waals surface area contributed by atoms with E-state index in [1.54, 1.807) is 23.5 Å². The van der Waals surface area contributed by atoms with E-state index < -0.39 is 0 Å². The summed E-state index contributed by atoms with van der Waals surface area (Å²) in [4.78, 5) is 0. The highest BCUT2D eigenvalue weighted by atomic mass is 32.2. The second-order valence-corrected chi connectivity index (χ2v) is 6.52. The lowest BCUT2D eigenvalue weighted by Gasteiger charge is -1.92. The fourth-order valence-corrected chi connectivity index (χ4v) is 4.87. The summed E-state index contributed by atoms with van der Waals surface area (Å²) >= 11 is 4.93. The SMILES string of the molecule is Cc1c(C)c(=C2SC=CS2)sc1=C(C#N)C#N. The molecule has 0 saturated carbocycles. The maximum Gasteiger partial charge on any atom is 0.147 e. The van der Waals surface area contributed by atoms with E-state index in [1.807, 2.05) is 36.8 Å². The van der Waals surface area contributed by atoms with Gasteiger partial charge in [0.25, 0.3) is 0 Å². The molecule has 0 bridgehead atoms. The highest BCUT2D eigenvalue weighted by Gasteiger charge is 2.11. The van der Waals surface area contributed by atoms with Gasteiger partial charge in [0.05, 0.1) is 13.3 Å². The second-order valence-electron chi connectivity index (χ2n) is 3.40. The number of thiophene rings is 1. The quantitative estimate of drug-likeness (QED) is 0.730. The highest BCUT2D eigenvalue weighted by Crippen LogP contribution is 2.38. The monoisotopic (exact) mass is 276 g/mol. The molecule has 5 heteroatoms. The molecule has 17 heavy (non-hydrogen) atoms. The number of thioether (sulfide) groups is 2. The van der Waals surface area contributed by atoms with Crippen LogP contribution < -0.4 is 9.06 Å². The summed E-state index contributed by atoms with van der Waals surface area (Å²) in [5.74, 6) is 0. The summed E-state index contributed by atoms with van der Waals surface area (Å²) in [5, 5.41) is 22.0. The van der Waals surface area contributed by atoms with Gasteiger partial charge in [-0.25, -0.2) is 0 Å². The van der Waals surface area contributed by atoms with Crippen LogP contribution in [0, 0.1) is 36.5 Å². The minimum atomic E-state index is 0.211. The predicted octanol–water partition coefficient (Wildman–Crippen LogP) is 2.58. The van der Waals surface area contributed by atoms with E-state index in [4.69, 9.17) is 10.5 Å². The molecule has 0 spiro atoms. The molecule has 2 nitrogen and oxygen atoms in total. The summed E-state index contributed by atoms with van der Waals surface area (Å²) in [6.07, 6.45) is 0. The van der Waals surface area contributed by atoms with Crippen molar-refractivity contribution in [1.82, 2.24) is 0 Å². The summed E-state index contributed by atoms with van der Waals surface area (Å²) in [6, 6.07) is 3.93. The molecular weight excluding hydrogens is 268 g/mol. The molecule has 1 aromatic rings. The third-order valence-electron chi connectivity index (χ3n) is 2.49. The van der Waals surface area contributed by atoms with Crippen LogP contribution in [-0.2, 0) is 0 Å². The second kappa shape index (κ2) is 5.01. The molecule has 2 rings (SSSR count). The van der Waals surface area contributed by atoms with Gasteiger partial charge in [0.15, 0.2) is 0 Å². The van der Waals surface area contributed by atoms with Crippen molar-refractivity contribution in [3.05, 3.63) is 31.0 Å². The van der Waals surface area contributed by atoms with Gasteiger partial charge in [-0.2, -0.15) is 10.5 Å². The first-order valence-corrected chi connectivity index (χ1v) is 7.39. The van der Waals surface area contributed by atoms with Crippen LogP contribution in [0.2, 0.25) is 0 Å². The molecule has 0 aliphatic carbocycles. The Morgan fingerprint density at radius 1 is 1.06 bits per heavy atom. The topological polar surface area (TPSA) is 47.6 Å². The molecule has 0 fully saturated rings. The van der Waals surface area contributed by atoms with Crippen LogP contribution in [0.4, 0.5) is 0 Å². The first-order chi connectivity index (χ1) is 8.19. The zero-order valence-corrected chi connectivity index (χ0v) is 11.7. The molecule has 1 aliphatic heterocycles. The van der Waals surface area contributed by atoms with E-state index >= 15 is 0 Å². The van der Waals surface area contributed by atoms with Gasteiger partial charge in [-0.15, -0.1) is 11.3 Å². The van der Waals surface area contributed by atoms with Crippen LogP contribution in [0.15, 0.2) is 10.8 Å². The summed E-state index contributed by atoms with van der Waals surface area (Å²) < 4.78 is 3.22. The van der Waals surface area contributed by atoms with Crippen molar-refractivity contribution in [1.29, 1.82) is 10.5 Å². The van der Waals surface area contributed by atoms with Crippen molar-refractivity contribution in [2.45, 2.75) is 13.8 Å². The van der Waals surface area contributed by atoms with Gasteiger partial charge in [0.1, 0.15) is 17.7 Å². The van der Waals surface area contributed by atoms with E-state index in [1.165, 1.54) is 25.7 Å². The average Bonchev–Trinajstić information content (AvgIpc) is 2.94. The molecular formula is C12H8N2S3. The van der Waals surface area contributed by atoms with Crippen molar-refractivity contribution in [2.75, 3.05) is 0 Å². The first-order valence-electron chi connectivity index (χ1n) is 4.82.